The van der Waals surface area contributed by atoms with E-state index in [4.69, 9.17) is 10.5 Å². The molecule has 0 aliphatic heterocycles. The Labute approximate surface area is 95.8 Å². The highest BCUT2D eigenvalue weighted by atomic mass is 16.5. The molecular weight excluding hydrogens is 204 g/mol. The molecule has 1 rings (SSSR count). The van der Waals surface area contributed by atoms with Crippen LogP contribution >= 0.6 is 0 Å². The van der Waals surface area contributed by atoms with Crippen LogP contribution in [0.3, 0.4) is 0 Å². The summed E-state index contributed by atoms with van der Waals surface area (Å²) >= 11 is 0. The predicted octanol–water partition coefficient (Wildman–Crippen LogP) is 1.48. The molecule has 4 nitrogen and oxygen atoms in total. The third kappa shape index (κ3) is 3.90. The number of hydrogen-bond donors (Lipinski definition) is 2. The van der Waals surface area contributed by atoms with Gasteiger partial charge in [-0.25, -0.2) is 0 Å². The van der Waals surface area contributed by atoms with Crippen LogP contribution in [0.1, 0.15) is 17.3 Å². The van der Waals surface area contributed by atoms with Gasteiger partial charge in [0, 0.05) is 24.9 Å². The van der Waals surface area contributed by atoms with Crippen molar-refractivity contribution in [1.82, 2.24) is 0 Å². The maximum atomic E-state index is 11.0. The summed E-state index contributed by atoms with van der Waals surface area (Å²) < 4.78 is 5.04. The van der Waals surface area contributed by atoms with Crippen molar-refractivity contribution in [2.75, 3.05) is 25.6 Å². The number of carbonyl (C=O) groups excluding carboxylic acids is 1. The van der Waals surface area contributed by atoms with Gasteiger partial charge in [-0.2, -0.15) is 0 Å². The number of anilines is 1. The minimum absolute atomic E-state index is 0.409. The molecule has 0 aliphatic carbocycles. The average Bonchev–Trinajstić information content (AvgIpc) is 2.27. The van der Waals surface area contributed by atoms with E-state index in [0.717, 1.165) is 12.2 Å². The number of benzene rings is 1. The van der Waals surface area contributed by atoms with Crippen molar-refractivity contribution < 1.29 is 9.53 Å². The summed E-state index contributed by atoms with van der Waals surface area (Å²) in [7, 11) is 1.68. The van der Waals surface area contributed by atoms with Crippen molar-refractivity contribution >= 4 is 11.6 Å². The zero-order valence-electron chi connectivity index (χ0n) is 9.69. The SMILES string of the molecule is COCC(C)CNc1cccc(C(N)=O)c1. The molecule has 0 aromatic heterocycles. The lowest BCUT2D eigenvalue weighted by Gasteiger charge is -2.12. The Hall–Kier alpha value is -1.55. The van der Waals surface area contributed by atoms with E-state index in [0.29, 0.717) is 18.1 Å². The summed E-state index contributed by atoms with van der Waals surface area (Å²) in [4.78, 5) is 11.0. The lowest BCUT2D eigenvalue weighted by atomic mass is 10.1. The molecule has 4 heteroatoms. The molecule has 0 saturated heterocycles. The van der Waals surface area contributed by atoms with E-state index >= 15 is 0 Å². The van der Waals surface area contributed by atoms with Gasteiger partial charge in [0.1, 0.15) is 0 Å². The van der Waals surface area contributed by atoms with Gasteiger partial charge in [0.15, 0.2) is 0 Å². The second-order valence-electron chi connectivity index (χ2n) is 3.89. The summed E-state index contributed by atoms with van der Waals surface area (Å²) in [6, 6.07) is 7.17. The van der Waals surface area contributed by atoms with Gasteiger partial charge in [0.25, 0.3) is 0 Å². The molecule has 0 fully saturated rings. The number of primary amides is 1. The summed E-state index contributed by atoms with van der Waals surface area (Å²) in [5.74, 6) is 0.0100. The first-order chi connectivity index (χ1) is 7.63. The minimum atomic E-state index is -0.409. The van der Waals surface area contributed by atoms with Crippen molar-refractivity contribution in [2.45, 2.75) is 6.92 Å². The Morgan fingerprint density at radius 1 is 1.56 bits per heavy atom. The van der Waals surface area contributed by atoms with Crippen molar-refractivity contribution in [1.29, 1.82) is 0 Å². The van der Waals surface area contributed by atoms with E-state index < -0.39 is 5.91 Å². The molecule has 0 heterocycles. The summed E-state index contributed by atoms with van der Waals surface area (Å²) in [6.07, 6.45) is 0. The first-order valence-corrected chi connectivity index (χ1v) is 5.26. The van der Waals surface area contributed by atoms with Crippen LogP contribution in [0.2, 0.25) is 0 Å². The quantitative estimate of drug-likeness (QED) is 0.766. The summed E-state index contributed by atoms with van der Waals surface area (Å²) in [6.45, 7) is 3.60. The zero-order valence-corrected chi connectivity index (χ0v) is 9.69. The summed E-state index contributed by atoms with van der Waals surface area (Å²) in [5.41, 5.74) is 6.62. The van der Waals surface area contributed by atoms with Crippen LogP contribution < -0.4 is 11.1 Å². The normalized spacial score (nSPS) is 12.1. The molecule has 0 bridgehead atoms. The van der Waals surface area contributed by atoms with Crippen molar-refractivity contribution in [3.8, 4) is 0 Å². The molecule has 0 spiro atoms. The lowest BCUT2D eigenvalue weighted by molar-refractivity contribution is 0.100. The predicted molar refractivity (Wildman–Crippen MR) is 64.5 cm³/mol. The largest absolute Gasteiger partial charge is 0.385 e. The molecule has 1 atom stereocenters. The van der Waals surface area contributed by atoms with Crippen LogP contribution in [0.15, 0.2) is 24.3 Å². The molecule has 0 saturated carbocycles. The second-order valence-corrected chi connectivity index (χ2v) is 3.89. The molecule has 88 valence electrons. The molecular formula is C12H18N2O2. The van der Waals surface area contributed by atoms with Crippen LogP contribution in [0.5, 0.6) is 0 Å². The number of nitrogens with one attached hydrogen (secondary N) is 1. The van der Waals surface area contributed by atoms with E-state index in [1.165, 1.54) is 0 Å². The molecule has 0 radical (unpaired) electrons. The van der Waals surface area contributed by atoms with E-state index in [1.807, 2.05) is 12.1 Å². The van der Waals surface area contributed by atoms with E-state index in [2.05, 4.69) is 12.2 Å². The van der Waals surface area contributed by atoms with Crippen LogP contribution in [-0.2, 0) is 4.74 Å². The van der Waals surface area contributed by atoms with E-state index in [9.17, 15) is 4.79 Å². The lowest BCUT2D eigenvalue weighted by Crippen LogP contribution is -2.16. The monoisotopic (exact) mass is 222 g/mol. The van der Waals surface area contributed by atoms with E-state index in [-0.39, 0.29) is 0 Å². The third-order valence-electron chi connectivity index (χ3n) is 2.25. The minimum Gasteiger partial charge on any atom is -0.385 e. The first kappa shape index (κ1) is 12.5. The van der Waals surface area contributed by atoms with Gasteiger partial charge >= 0.3 is 0 Å². The van der Waals surface area contributed by atoms with E-state index in [1.54, 1.807) is 19.2 Å². The molecule has 16 heavy (non-hydrogen) atoms. The Balaban J connectivity index is 2.54. The topological polar surface area (TPSA) is 64.3 Å². The highest BCUT2D eigenvalue weighted by Crippen LogP contribution is 2.10. The number of amides is 1. The third-order valence-corrected chi connectivity index (χ3v) is 2.25. The van der Waals surface area contributed by atoms with Gasteiger partial charge in [-0.15, -0.1) is 0 Å². The second kappa shape index (κ2) is 6.12. The van der Waals surface area contributed by atoms with Gasteiger partial charge in [-0.1, -0.05) is 13.0 Å². The fourth-order valence-corrected chi connectivity index (χ4v) is 1.42. The highest BCUT2D eigenvalue weighted by molar-refractivity contribution is 5.93. The fraction of sp³-hybridized carbons (Fsp3) is 0.417. The van der Waals surface area contributed by atoms with Crippen LogP contribution in [0, 0.1) is 5.92 Å². The maximum Gasteiger partial charge on any atom is 0.248 e. The maximum absolute atomic E-state index is 11.0. The van der Waals surface area contributed by atoms with Crippen LogP contribution in [0.25, 0.3) is 0 Å². The number of carbonyl (C=O) groups is 1. The Morgan fingerprint density at radius 3 is 2.94 bits per heavy atom. The number of methoxy groups -OCH3 is 1. The highest BCUT2D eigenvalue weighted by Gasteiger charge is 2.03. The molecule has 1 aromatic rings. The number of hydrogen-bond acceptors (Lipinski definition) is 3. The molecule has 1 aromatic carbocycles. The van der Waals surface area contributed by atoms with Crippen molar-refractivity contribution in [2.24, 2.45) is 11.7 Å². The number of nitrogens with two attached hydrogens (primary N) is 1. The van der Waals surface area contributed by atoms with Gasteiger partial charge in [-0.05, 0) is 24.1 Å². The molecule has 1 amide bonds. The molecule has 1 unspecified atom stereocenters. The Kier molecular flexibility index (Phi) is 4.79. The Bertz CT molecular complexity index is 353. The van der Waals surface area contributed by atoms with Gasteiger partial charge < -0.3 is 15.8 Å². The fourth-order valence-electron chi connectivity index (χ4n) is 1.42. The van der Waals surface area contributed by atoms with Crippen LogP contribution in [-0.4, -0.2) is 26.2 Å². The van der Waals surface area contributed by atoms with Crippen molar-refractivity contribution in [3.63, 3.8) is 0 Å². The molecule has 0 aliphatic rings. The number of rotatable bonds is 6. The average molecular weight is 222 g/mol. The Morgan fingerprint density at radius 2 is 2.31 bits per heavy atom. The first-order valence-electron chi connectivity index (χ1n) is 5.26. The zero-order chi connectivity index (χ0) is 12.0. The smallest absolute Gasteiger partial charge is 0.248 e. The summed E-state index contributed by atoms with van der Waals surface area (Å²) in [5, 5.41) is 3.24. The van der Waals surface area contributed by atoms with Gasteiger partial charge in [-0.3, -0.25) is 4.79 Å². The van der Waals surface area contributed by atoms with Crippen molar-refractivity contribution in [3.05, 3.63) is 29.8 Å². The van der Waals surface area contributed by atoms with Gasteiger partial charge in [0.2, 0.25) is 5.91 Å². The van der Waals surface area contributed by atoms with Gasteiger partial charge in [0.05, 0.1) is 6.61 Å². The van der Waals surface area contributed by atoms with Crippen LogP contribution in [0.4, 0.5) is 5.69 Å². The number of ether oxygens (including phenoxy) is 1. The standard InChI is InChI=1S/C12H18N2O2/c1-9(8-16-2)7-14-11-5-3-4-10(6-11)12(13)15/h3-6,9,14H,7-8H2,1-2H3,(H2,13,15). The molecule has 3 N–H and O–H groups in total.